The molecule has 1 aromatic heterocycles. The fraction of sp³-hybridized carbons (Fsp3) is 0.125. The number of hydrogen-bond acceptors (Lipinski definition) is 4. The normalized spacial score (nSPS) is 10.7. The van der Waals surface area contributed by atoms with E-state index in [9.17, 15) is 0 Å². The van der Waals surface area contributed by atoms with Crippen LogP contribution >= 0.6 is 0 Å². The number of nitrogens with one attached hydrogen (secondary N) is 1. The highest BCUT2D eigenvalue weighted by Gasteiger charge is 2.05. The Morgan fingerprint density at radius 2 is 1.75 bits per heavy atom. The van der Waals surface area contributed by atoms with Crippen LogP contribution in [0.15, 0.2) is 54.6 Å². The van der Waals surface area contributed by atoms with Crippen LogP contribution in [-0.2, 0) is 0 Å². The smallest absolute Gasteiger partial charge is 0.148 e. The van der Waals surface area contributed by atoms with E-state index in [0.29, 0.717) is 13.1 Å². The van der Waals surface area contributed by atoms with Crippen molar-refractivity contribution in [2.45, 2.75) is 0 Å². The molecule has 0 aliphatic rings. The second-order valence-corrected chi connectivity index (χ2v) is 4.55. The Labute approximate surface area is 117 Å². The maximum Gasteiger partial charge on any atom is 0.148 e. The number of anilines is 1. The van der Waals surface area contributed by atoms with Crippen molar-refractivity contribution in [1.29, 1.82) is 0 Å². The molecular weight excluding hydrogens is 248 g/mol. The zero-order chi connectivity index (χ0) is 13.8. The molecule has 0 bridgehead atoms. The lowest BCUT2D eigenvalue weighted by Crippen LogP contribution is -2.14. The molecule has 0 unspecified atom stereocenters. The summed E-state index contributed by atoms with van der Waals surface area (Å²) in [4.78, 5) is 0. The zero-order valence-corrected chi connectivity index (χ0v) is 11.1. The highest BCUT2D eigenvalue weighted by Crippen LogP contribution is 2.26. The van der Waals surface area contributed by atoms with Crippen molar-refractivity contribution in [3.63, 3.8) is 0 Å². The minimum absolute atomic E-state index is 0.576. The van der Waals surface area contributed by atoms with E-state index in [2.05, 4.69) is 39.8 Å². The van der Waals surface area contributed by atoms with E-state index in [1.54, 1.807) is 0 Å². The van der Waals surface area contributed by atoms with Gasteiger partial charge < -0.3 is 11.1 Å². The molecular formula is C16H16N4. The van der Waals surface area contributed by atoms with Crippen LogP contribution in [0.5, 0.6) is 0 Å². The van der Waals surface area contributed by atoms with E-state index in [4.69, 9.17) is 5.73 Å². The summed E-state index contributed by atoms with van der Waals surface area (Å²) < 4.78 is 0. The average molecular weight is 264 g/mol. The Morgan fingerprint density at radius 1 is 0.900 bits per heavy atom. The third-order valence-corrected chi connectivity index (χ3v) is 3.18. The molecule has 0 aliphatic heterocycles. The van der Waals surface area contributed by atoms with Crippen LogP contribution in [0, 0.1) is 0 Å². The van der Waals surface area contributed by atoms with Crippen molar-refractivity contribution in [2.24, 2.45) is 5.73 Å². The first-order valence-corrected chi connectivity index (χ1v) is 6.64. The predicted molar refractivity (Wildman–Crippen MR) is 82.5 cm³/mol. The number of rotatable bonds is 4. The van der Waals surface area contributed by atoms with Gasteiger partial charge in [-0.3, -0.25) is 0 Å². The lowest BCUT2D eigenvalue weighted by molar-refractivity contribution is 0.974. The average Bonchev–Trinajstić information content (AvgIpc) is 2.53. The van der Waals surface area contributed by atoms with Crippen LogP contribution in [0.2, 0.25) is 0 Å². The van der Waals surface area contributed by atoms with E-state index < -0.39 is 0 Å². The molecule has 0 atom stereocenters. The van der Waals surface area contributed by atoms with Crippen LogP contribution in [0.4, 0.5) is 5.82 Å². The van der Waals surface area contributed by atoms with Gasteiger partial charge in [-0.25, -0.2) is 0 Å². The minimum Gasteiger partial charge on any atom is -0.367 e. The van der Waals surface area contributed by atoms with Crippen molar-refractivity contribution < 1.29 is 0 Å². The van der Waals surface area contributed by atoms with Gasteiger partial charge >= 0.3 is 0 Å². The van der Waals surface area contributed by atoms with Gasteiger partial charge in [0.2, 0.25) is 0 Å². The molecule has 3 N–H and O–H groups in total. The first-order chi connectivity index (χ1) is 9.88. The predicted octanol–water partition coefficient (Wildman–Crippen LogP) is 2.67. The maximum absolute atomic E-state index is 5.45. The lowest BCUT2D eigenvalue weighted by Gasteiger charge is -2.07. The molecule has 3 aromatic rings. The first kappa shape index (κ1) is 12.6. The molecule has 3 rings (SSSR count). The number of hydrogen-bond donors (Lipinski definition) is 2. The van der Waals surface area contributed by atoms with Gasteiger partial charge in [0.1, 0.15) is 5.82 Å². The Bertz CT molecular complexity index is 702. The molecule has 4 nitrogen and oxygen atoms in total. The van der Waals surface area contributed by atoms with E-state index in [1.807, 2.05) is 30.3 Å². The summed E-state index contributed by atoms with van der Waals surface area (Å²) in [5.74, 6) is 0.749. The fourth-order valence-corrected chi connectivity index (χ4v) is 2.22. The van der Waals surface area contributed by atoms with Crippen LogP contribution in [0.1, 0.15) is 0 Å². The minimum atomic E-state index is 0.576. The van der Waals surface area contributed by atoms with Gasteiger partial charge in [-0.15, -0.1) is 10.2 Å². The van der Waals surface area contributed by atoms with Gasteiger partial charge in [0, 0.05) is 18.7 Å². The fourth-order valence-electron chi connectivity index (χ4n) is 2.22. The van der Waals surface area contributed by atoms with E-state index in [1.165, 1.54) is 10.8 Å². The van der Waals surface area contributed by atoms with Crippen molar-refractivity contribution in [3.8, 4) is 11.3 Å². The number of fused-ring (bicyclic) bond motifs is 1. The van der Waals surface area contributed by atoms with Gasteiger partial charge in [0.15, 0.2) is 0 Å². The monoisotopic (exact) mass is 264 g/mol. The third-order valence-electron chi connectivity index (χ3n) is 3.18. The largest absolute Gasteiger partial charge is 0.367 e. The van der Waals surface area contributed by atoms with Crippen LogP contribution < -0.4 is 11.1 Å². The molecule has 0 fully saturated rings. The molecule has 100 valence electrons. The molecule has 0 spiro atoms. The van der Waals surface area contributed by atoms with Crippen molar-refractivity contribution in [1.82, 2.24) is 10.2 Å². The second-order valence-electron chi connectivity index (χ2n) is 4.55. The highest BCUT2D eigenvalue weighted by molar-refractivity contribution is 5.95. The molecule has 2 aromatic carbocycles. The van der Waals surface area contributed by atoms with Crippen LogP contribution in [-0.4, -0.2) is 23.3 Å². The molecule has 0 radical (unpaired) electrons. The van der Waals surface area contributed by atoms with Gasteiger partial charge in [-0.2, -0.15) is 0 Å². The Hall–Kier alpha value is -2.46. The molecule has 4 heteroatoms. The standard InChI is InChI=1S/C16H16N4/c17-10-11-18-16-9-8-15(19-20-16)14-7-3-5-12-4-1-2-6-13(12)14/h1-9H,10-11,17H2,(H,18,20). The van der Waals surface area contributed by atoms with Crippen molar-refractivity contribution in [2.75, 3.05) is 18.4 Å². The molecule has 0 saturated carbocycles. The quantitative estimate of drug-likeness (QED) is 0.760. The summed E-state index contributed by atoms with van der Waals surface area (Å²) in [6, 6.07) is 18.4. The number of nitrogens with zero attached hydrogens (tertiary/aromatic N) is 2. The Kier molecular flexibility index (Phi) is 3.56. The maximum atomic E-state index is 5.45. The summed E-state index contributed by atoms with van der Waals surface area (Å²) in [7, 11) is 0. The summed E-state index contributed by atoms with van der Waals surface area (Å²) in [6.45, 7) is 1.27. The summed E-state index contributed by atoms with van der Waals surface area (Å²) in [5.41, 5.74) is 7.42. The molecule has 0 aliphatic carbocycles. The lowest BCUT2D eigenvalue weighted by atomic mass is 10.0. The van der Waals surface area contributed by atoms with Crippen molar-refractivity contribution >= 4 is 16.6 Å². The number of benzene rings is 2. The van der Waals surface area contributed by atoms with E-state index in [-0.39, 0.29) is 0 Å². The SMILES string of the molecule is NCCNc1ccc(-c2cccc3ccccc23)nn1. The third kappa shape index (κ3) is 2.46. The molecule has 20 heavy (non-hydrogen) atoms. The second kappa shape index (κ2) is 5.67. The summed E-state index contributed by atoms with van der Waals surface area (Å²) >= 11 is 0. The highest BCUT2D eigenvalue weighted by atomic mass is 15.2. The summed E-state index contributed by atoms with van der Waals surface area (Å²) in [6.07, 6.45) is 0. The number of nitrogens with two attached hydrogens (primary N) is 1. The Morgan fingerprint density at radius 3 is 2.55 bits per heavy atom. The molecule has 0 amide bonds. The summed E-state index contributed by atoms with van der Waals surface area (Å²) in [5, 5.41) is 14.0. The topological polar surface area (TPSA) is 63.8 Å². The zero-order valence-electron chi connectivity index (χ0n) is 11.1. The molecule has 1 heterocycles. The van der Waals surface area contributed by atoms with Gasteiger partial charge in [-0.05, 0) is 22.9 Å². The molecule has 0 saturated heterocycles. The number of aromatic nitrogens is 2. The van der Waals surface area contributed by atoms with Crippen molar-refractivity contribution in [3.05, 3.63) is 54.6 Å². The first-order valence-electron chi connectivity index (χ1n) is 6.64. The van der Waals surface area contributed by atoms with Gasteiger partial charge in [0.25, 0.3) is 0 Å². The Balaban J connectivity index is 1.98. The van der Waals surface area contributed by atoms with Gasteiger partial charge in [-0.1, -0.05) is 42.5 Å². The van der Waals surface area contributed by atoms with Crippen LogP contribution in [0.25, 0.3) is 22.0 Å². The van der Waals surface area contributed by atoms with Gasteiger partial charge in [0.05, 0.1) is 5.69 Å². The van der Waals surface area contributed by atoms with E-state index >= 15 is 0 Å². The van der Waals surface area contributed by atoms with E-state index in [0.717, 1.165) is 17.1 Å². The van der Waals surface area contributed by atoms with Crippen LogP contribution in [0.3, 0.4) is 0 Å².